The van der Waals surface area contributed by atoms with Gasteiger partial charge >= 0.3 is 6.18 Å². The topological polar surface area (TPSA) is 92.5 Å². The molecule has 2 rings (SSSR count). The number of hydrogen-bond donors (Lipinski definition) is 2. The Kier molecular flexibility index (Phi) is 3.58. The fourth-order valence-electron chi connectivity index (χ4n) is 1.87. The summed E-state index contributed by atoms with van der Waals surface area (Å²) in [6, 6.07) is 2.32. The molecule has 0 saturated carbocycles. The lowest BCUT2D eigenvalue weighted by Gasteiger charge is -2.26. The van der Waals surface area contributed by atoms with E-state index in [4.69, 9.17) is 5.73 Å². The van der Waals surface area contributed by atoms with Crippen molar-refractivity contribution in [1.82, 2.24) is 10.2 Å². The molecule has 3 N–H and O–H groups in total. The number of nitrogens with zero attached hydrogens (tertiary/aromatic N) is 1. The zero-order valence-corrected chi connectivity index (χ0v) is 10.5. The van der Waals surface area contributed by atoms with Gasteiger partial charge in [-0.25, -0.2) is 0 Å². The molecule has 0 radical (unpaired) electrons. The van der Waals surface area contributed by atoms with Crippen molar-refractivity contribution in [2.45, 2.75) is 6.18 Å². The molecule has 1 aliphatic rings. The fourth-order valence-corrected chi connectivity index (χ4v) is 1.87. The first kappa shape index (κ1) is 14.8. The Morgan fingerprint density at radius 1 is 1.19 bits per heavy atom. The molecule has 1 aromatic carbocycles. The van der Waals surface area contributed by atoms with Gasteiger partial charge in [-0.1, -0.05) is 0 Å². The minimum atomic E-state index is -4.63. The second kappa shape index (κ2) is 5.08. The molecule has 1 aromatic rings. The van der Waals surface area contributed by atoms with Gasteiger partial charge in [0.05, 0.1) is 11.1 Å². The number of alkyl halides is 3. The molecule has 1 aliphatic heterocycles. The quantitative estimate of drug-likeness (QED) is 0.579. The SMILES string of the molecule is Nc1ccc(C(F)(F)F)cc1C(=O)N1CC(=O)NC(=O)C1. The highest BCUT2D eigenvalue weighted by Gasteiger charge is 2.33. The monoisotopic (exact) mass is 301 g/mol. The molecule has 9 heteroatoms. The van der Waals surface area contributed by atoms with E-state index >= 15 is 0 Å². The lowest BCUT2D eigenvalue weighted by molar-refractivity contribution is -0.138. The van der Waals surface area contributed by atoms with Gasteiger partial charge < -0.3 is 10.6 Å². The number of anilines is 1. The van der Waals surface area contributed by atoms with E-state index in [1.54, 1.807) is 0 Å². The molecular formula is C12H10F3N3O3. The van der Waals surface area contributed by atoms with E-state index in [1.165, 1.54) is 0 Å². The summed E-state index contributed by atoms with van der Waals surface area (Å²) in [5, 5.41) is 1.98. The van der Waals surface area contributed by atoms with Gasteiger partial charge in [0.1, 0.15) is 13.1 Å². The van der Waals surface area contributed by atoms with E-state index < -0.39 is 48.1 Å². The van der Waals surface area contributed by atoms with Crippen LogP contribution in [0.1, 0.15) is 15.9 Å². The number of hydrogen-bond acceptors (Lipinski definition) is 4. The van der Waals surface area contributed by atoms with Crippen LogP contribution in [-0.4, -0.2) is 35.7 Å². The average Bonchev–Trinajstić information content (AvgIpc) is 2.36. The highest BCUT2D eigenvalue weighted by atomic mass is 19.4. The van der Waals surface area contributed by atoms with E-state index in [0.717, 1.165) is 17.0 Å². The number of benzene rings is 1. The normalized spacial score (nSPS) is 15.9. The number of piperazine rings is 1. The maximum absolute atomic E-state index is 12.6. The molecule has 0 atom stereocenters. The average molecular weight is 301 g/mol. The summed E-state index contributed by atoms with van der Waals surface area (Å²) in [7, 11) is 0. The van der Waals surface area contributed by atoms with Crippen molar-refractivity contribution in [2.75, 3.05) is 18.8 Å². The number of nitrogen functional groups attached to an aromatic ring is 1. The smallest absolute Gasteiger partial charge is 0.398 e. The van der Waals surface area contributed by atoms with Crippen LogP contribution in [0.5, 0.6) is 0 Å². The van der Waals surface area contributed by atoms with Crippen molar-refractivity contribution in [1.29, 1.82) is 0 Å². The molecule has 0 spiro atoms. The van der Waals surface area contributed by atoms with Gasteiger partial charge in [-0.2, -0.15) is 13.2 Å². The lowest BCUT2D eigenvalue weighted by atomic mass is 10.1. The van der Waals surface area contributed by atoms with Gasteiger partial charge in [0.15, 0.2) is 0 Å². The van der Waals surface area contributed by atoms with Crippen LogP contribution in [0.4, 0.5) is 18.9 Å². The van der Waals surface area contributed by atoms with Crippen LogP contribution >= 0.6 is 0 Å². The second-order valence-corrected chi connectivity index (χ2v) is 4.43. The summed E-state index contributed by atoms with van der Waals surface area (Å²) in [4.78, 5) is 35.4. The van der Waals surface area contributed by atoms with Crippen molar-refractivity contribution >= 4 is 23.4 Å². The van der Waals surface area contributed by atoms with Gasteiger partial charge in [0.2, 0.25) is 11.8 Å². The Balaban J connectivity index is 2.34. The summed E-state index contributed by atoms with van der Waals surface area (Å²) >= 11 is 0. The first-order valence-corrected chi connectivity index (χ1v) is 5.77. The zero-order chi connectivity index (χ0) is 15.8. The molecule has 112 valence electrons. The number of nitrogens with two attached hydrogens (primary N) is 1. The van der Waals surface area contributed by atoms with Crippen LogP contribution in [0.15, 0.2) is 18.2 Å². The van der Waals surface area contributed by atoms with E-state index in [-0.39, 0.29) is 5.69 Å². The third kappa shape index (κ3) is 3.12. The predicted octanol–water partition coefficient (Wildman–Crippen LogP) is 0.386. The Labute approximate surface area is 116 Å². The van der Waals surface area contributed by atoms with E-state index in [0.29, 0.717) is 6.07 Å². The number of carbonyl (C=O) groups excluding carboxylic acids is 3. The maximum Gasteiger partial charge on any atom is 0.416 e. The number of halogens is 3. The summed E-state index contributed by atoms with van der Waals surface area (Å²) in [6.45, 7) is -0.833. The van der Waals surface area contributed by atoms with Crippen molar-refractivity contribution in [2.24, 2.45) is 0 Å². The molecule has 0 unspecified atom stereocenters. The minimum Gasteiger partial charge on any atom is -0.398 e. The Bertz CT molecular complexity index is 612. The second-order valence-electron chi connectivity index (χ2n) is 4.43. The molecule has 6 nitrogen and oxygen atoms in total. The third-order valence-corrected chi connectivity index (χ3v) is 2.85. The van der Waals surface area contributed by atoms with E-state index in [9.17, 15) is 27.6 Å². The predicted molar refractivity (Wildman–Crippen MR) is 64.9 cm³/mol. The maximum atomic E-state index is 12.6. The summed E-state index contributed by atoms with van der Waals surface area (Å²) in [5.74, 6) is -2.31. The number of amides is 3. The van der Waals surface area contributed by atoms with Gasteiger partial charge in [-0.15, -0.1) is 0 Å². The van der Waals surface area contributed by atoms with Crippen LogP contribution in [0.3, 0.4) is 0 Å². The number of imide groups is 1. The first-order chi connectivity index (χ1) is 9.68. The van der Waals surface area contributed by atoms with Crippen LogP contribution in [-0.2, 0) is 15.8 Å². The Morgan fingerprint density at radius 3 is 2.29 bits per heavy atom. The standard InChI is InChI=1S/C12H10F3N3O3/c13-12(14,15)6-1-2-8(16)7(3-6)11(21)18-4-9(19)17-10(20)5-18/h1-3H,4-5,16H2,(H,17,19,20). The first-order valence-electron chi connectivity index (χ1n) is 5.77. The van der Waals surface area contributed by atoms with Crippen LogP contribution < -0.4 is 11.1 Å². The van der Waals surface area contributed by atoms with Crippen molar-refractivity contribution < 1.29 is 27.6 Å². The highest BCUT2D eigenvalue weighted by molar-refractivity contribution is 6.07. The summed E-state index contributed by atoms with van der Waals surface area (Å²) in [6.07, 6.45) is -4.63. The van der Waals surface area contributed by atoms with E-state index in [2.05, 4.69) is 0 Å². The van der Waals surface area contributed by atoms with Crippen molar-refractivity contribution in [3.05, 3.63) is 29.3 Å². The van der Waals surface area contributed by atoms with E-state index in [1.807, 2.05) is 5.32 Å². The molecule has 0 aliphatic carbocycles. The molecule has 1 heterocycles. The van der Waals surface area contributed by atoms with Gasteiger partial charge in [-0.05, 0) is 18.2 Å². The minimum absolute atomic E-state index is 0.161. The van der Waals surface area contributed by atoms with Crippen molar-refractivity contribution in [3.63, 3.8) is 0 Å². The highest BCUT2D eigenvalue weighted by Crippen LogP contribution is 2.31. The number of nitrogens with one attached hydrogen (secondary N) is 1. The molecule has 0 aromatic heterocycles. The van der Waals surface area contributed by atoms with Gasteiger partial charge in [-0.3, -0.25) is 19.7 Å². The molecular weight excluding hydrogens is 291 g/mol. The Hall–Kier alpha value is -2.58. The molecule has 1 saturated heterocycles. The summed E-state index contributed by atoms with van der Waals surface area (Å²) < 4.78 is 37.9. The molecule has 3 amide bonds. The van der Waals surface area contributed by atoms with Crippen LogP contribution in [0.25, 0.3) is 0 Å². The van der Waals surface area contributed by atoms with Crippen LogP contribution in [0.2, 0.25) is 0 Å². The largest absolute Gasteiger partial charge is 0.416 e. The number of rotatable bonds is 1. The fraction of sp³-hybridized carbons (Fsp3) is 0.250. The third-order valence-electron chi connectivity index (χ3n) is 2.85. The molecule has 1 fully saturated rings. The summed E-state index contributed by atoms with van der Waals surface area (Å²) in [5.41, 5.74) is 3.92. The lowest BCUT2D eigenvalue weighted by Crippen LogP contribution is -2.53. The molecule has 21 heavy (non-hydrogen) atoms. The van der Waals surface area contributed by atoms with Gasteiger partial charge in [0, 0.05) is 5.69 Å². The number of carbonyl (C=O) groups is 3. The van der Waals surface area contributed by atoms with Crippen molar-refractivity contribution in [3.8, 4) is 0 Å². The van der Waals surface area contributed by atoms with Gasteiger partial charge in [0.25, 0.3) is 5.91 Å². The molecule has 0 bridgehead atoms. The zero-order valence-electron chi connectivity index (χ0n) is 10.5. The van der Waals surface area contributed by atoms with Crippen LogP contribution in [0, 0.1) is 0 Å². The Morgan fingerprint density at radius 2 is 1.76 bits per heavy atom.